The predicted molar refractivity (Wildman–Crippen MR) is 81.0 cm³/mol. The molecule has 0 saturated carbocycles. The van der Waals surface area contributed by atoms with Crippen LogP contribution in [0.25, 0.3) is 0 Å². The molecule has 1 aromatic carbocycles. The van der Waals surface area contributed by atoms with Crippen molar-refractivity contribution in [3.05, 3.63) is 35.4 Å². The summed E-state index contributed by atoms with van der Waals surface area (Å²) in [5.41, 5.74) is 1.35. The minimum Gasteiger partial charge on any atom is -0.295 e. The van der Waals surface area contributed by atoms with Gasteiger partial charge in [0.1, 0.15) is 0 Å². The van der Waals surface area contributed by atoms with Crippen molar-refractivity contribution in [2.24, 2.45) is 5.92 Å². The maximum absolute atomic E-state index is 12.3. The van der Waals surface area contributed by atoms with Gasteiger partial charge in [-0.05, 0) is 19.4 Å². The molecule has 0 saturated heterocycles. The van der Waals surface area contributed by atoms with E-state index in [1.807, 2.05) is 12.5 Å². The topological polar surface area (TPSA) is 34.1 Å². The lowest BCUT2D eigenvalue weighted by molar-refractivity contribution is 0.0942. The van der Waals surface area contributed by atoms with E-state index in [4.69, 9.17) is 0 Å². The molecule has 0 amide bonds. The van der Waals surface area contributed by atoms with Crippen LogP contribution in [0, 0.1) is 5.92 Å². The van der Waals surface area contributed by atoms with Gasteiger partial charge in [-0.25, -0.2) is 0 Å². The van der Waals surface area contributed by atoms with Crippen LogP contribution < -0.4 is 0 Å². The van der Waals surface area contributed by atoms with E-state index in [1.165, 1.54) is 6.92 Å². The molecular weight excluding hydrogens is 264 g/mol. The maximum atomic E-state index is 12.3. The largest absolute Gasteiger partial charge is 0.295 e. The monoisotopic (exact) mass is 282 g/mol. The highest BCUT2D eigenvalue weighted by Crippen LogP contribution is 2.18. The molecule has 0 unspecified atom stereocenters. The van der Waals surface area contributed by atoms with Gasteiger partial charge in [0.2, 0.25) is 0 Å². The number of benzene rings is 1. The lowest BCUT2D eigenvalue weighted by Crippen LogP contribution is -2.19. The Morgan fingerprint density at radius 2 is 1.44 bits per heavy atom. The van der Waals surface area contributed by atoms with Crippen LogP contribution in [0.5, 0.6) is 0 Å². The summed E-state index contributed by atoms with van der Waals surface area (Å²) < 4.78 is 0. The van der Waals surface area contributed by atoms with Crippen LogP contribution in [0.1, 0.15) is 27.6 Å². The highest BCUT2D eigenvalue weighted by molar-refractivity contribution is 7.99. The van der Waals surface area contributed by atoms with Crippen molar-refractivity contribution in [3.63, 3.8) is 0 Å². The summed E-state index contributed by atoms with van der Waals surface area (Å²) in [7, 11) is 0. The average molecular weight is 282 g/mol. The number of hydrogen-bond donors (Lipinski definition) is 0. The first-order valence-electron chi connectivity index (χ1n) is 5.73. The van der Waals surface area contributed by atoms with E-state index < -0.39 is 0 Å². The number of hydrogen-bond acceptors (Lipinski definition) is 4. The Labute approximate surface area is 117 Å². The third-order valence-electron chi connectivity index (χ3n) is 2.68. The molecule has 0 bridgehead atoms. The van der Waals surface area contributed by atoms with E-state index in [-0.39, 0.29) is 17.5 Å². The minimum absolute atomic E-state index is 0.0266. The number of thioether (sulfide) groups is 2. The van der Waals surface area contributed by atoms with E-state index >= 15 is 0 Å². The third-order valence-corrected chi connectivity index (χ3v) is 4.15. The highest BCUT2D eigenvalue weighted by Gasteiger charge is 2.19. The van der Waals surface area contributed by atoms with Crippen LogP contribution in [0.15, 0.2) is 24.3 Å². The van der Waals surface area contributed by atoms with E-state index in [1.54, 1.807) is 47.8 Å². The van der Waals surface area contributed by atoms with Gasteiger partial charge in [0.15, 0.2) is 11.6 Å². The molecule has 0 aliphatic carbocycles. The fraction of sp³-hybridized carbons (Fsp3) is 0.429. The summed E-state index contributed by atoms with van der Waals surface area (Å²) in [5.74, 6) is 1.94. The van der Waals surface area contributed by atoms with Crippen LogP contribution in [0.2, 0.25) is 0 Å². The SMILES string of the molecule is CSCC(CSC)C(=O)c1ccc(C(C)=O)cc1. The van der Waals surface area contributed by atoms with Gasteiger partial charge in [-0.15, -0.1) is 0 Å². The fourth-order valence-corrected chi connectivity index (χ4v) is 3.20. The number of carbonyl (C=O) groups is 2. The number of ketones is 2. The van der Waals surface area contributed by atoms with E-state index in [2.05, 4.69) is 0 Å². The van der Waals surface area contributed by atoms with Crippen molar-refractivity contribution in [2.45, 2.75) is 6.92 Å². The second kappa shape index (κ2) is 7.64. The van der Waals surface area contributed by atoms with Crippen molar-refractivity contribution in [1.29, 1.82) is 0 Å². The van der Waals surface area contributed by atoms with Crippen LogP contribution in [0.4, 0.5) is 0 Å². The van der Waals surface area contributed by atoms with Gasteiger partial charge in [0.25, 0.3) is 0 Å². The van der Waals surface area contributed by atoms with E-state index in [0.717, 1.165) is 11.5 Å². The second-order valence-corrected chi connectivity index (χ2v) is 5.93. The van der Waals surface area contributed by atoms with Crippen molar-refractivity contribution in [1.82, 2.24) is 0 Å². The zero-order chi connectivity index (χ0) is 13.5. The average Bonchev–Trinajstić information content (AvgIpc) is 2.38. The number of Topliss-reactive ketones (excluding diaryl/α,β-unsaturated/α-hetero) is 2. The van der Waals surface area contributed by atoms with Crippen molar-refractivity contribution >= 4 is 35.1 Å². The predicted octanol–water partition coefficient (Wildman–Crippen LogP) is 3.41. The van der Waals surface area contributed by atoms with Crippen LogP contribution >= 0.6 is 23.5 Å². The Hall–Kier alpha value is -0.740. The molecule has 4 heteroatoms. The van der Waals surface area contributed by atoms with Gasteiger partial charge >= 0.3 is 0 Å². The molecule has 2 nitrogen and oxygen atoms in total. The molecule has 0 fully saturated rings. The third kappa shape index (κ3) is 4.18. The Bertz CT molecular complexity index is 406. The van der Waals surface area contributed by atoms with Gasteiger partial charge in [-0.1, -0.05) is 24.3 Å². The molecule has 18 heavy (non-hydrogen) atoms. The first-order valence-corrected chi connectivity index (χ1v) is 8.52. The summed E-state index contributed by atoms with van der Waals surface area (Å²) in [6, 6.07) is 6.97. The lowest BCUT2D eigenvalue weighted by Gasteiger charge is -2.13. The minimum atomic E-state index is 0.0266. The molecule has 0 heterocycles. The standard InChI is InChI=1S/C14H18O2S2/c1-10(15)11-4-6-12(7-5-11)14(16)13(8-17-2)9-18-3/h4-7,13H,8-9H2,1-3H3. The normalized spacial score (nSPS) is 10.7. The quantitative estimate of drug-likeness (QED) is 0.718. The first kappa shape index (κ1) is 15.3. The Morgan fingerprint density at radius 1 is 1.00 bits per heavy atom. The van der Waals surface area contributed by atoms with Gasteiger partial charge in [-0.2, -0.15) is 23.5 Å². The zero-order valence-corrected chi connectivity index (χ0v) is 12.6. The number of carbonyl (C=O) groups excluding carboxylic acids is 2. The Balaban J connectivity index is 2.84. The van der Waals surface area contributed by atoms with Gasteiger partial charge in [-0.3, -0.25) is 9.59 Å². The maximum Gasteiger partial charge on any atom is 0.167 e. The van der Waals surface area contributed by atoms with E-state index in [0.29, 0.717) is 11.1 Å². The second-order valence-electron chi connectivity index (χ2n) is 4.11. The summed E-state index contributed by atoms with van der Waals surface area (Å²) in [6.45, 7) is 1.53. The highest BCUT2D eigenvalue weighted by atomic mass is 32.2. The van der Waals surface area contributed by atoms with Gasteiger partial charge in [0.05, 0.1) is 0 Å². The van der Waals surface area contributed by atoms with Crippen LogP contribution in [0.3, 0.4) is 0 Å². The molecule has 0 radical (unpaired) electrons. The van der Waals surface area contributed by atoms with Crippen LogP contribution in [-0.2, 0) is 0 Å². The lowest BCUT2D eigenvalue weighted by atomic mass is 9.99. The first-order chi connectivity index (χ1) is 8.60. The summed E-state index contributed by atoms with van der Waals surface area (Å²) in [6.07, 6.45) is 4.03. The molecule has 0 spiro atoms. The Kier molecular flexibility index (Phi) is 6.50. The summed E-state index contributed by atoms with van der Waals surface area (Å²) in [5, 5.41) is 0. The molecule has 0 aliphatic heterocycles. The van der Waals surface area contributed by atoms with Crippen LogP contribution in [-0.4, -0.2) is 35.6 Å². The molecule has 0 aromatic heterocycles. The van der Waals surface area contributed by atoms with Gasteiger partial charge in [0, 0.05) is 28.6 Å². The van der Waals surface area contributed by atoms with E-state index in [9.17, 15) is 9.59 Å². The van der Waals surface area contributed by atoms with Gasteiger partial charge < -0.3 is 0 Å². The fourth-order valence-electron chi connectivity index (χ4n) is 1.71. The smallest absolute Gasteiger partial charge is 0.167 e. The molecule has 0 aliphatic rings. The molecule has 0 atom stereocenters. The molecular formula is C14H18O2S2. The molecule has 0 N–H and O–H groups in total. The van der Waals surface area contributed by atoms with Crippen molar-refractivity contribution in [3.8, 4) is 0 Å². The molecule has 1 aromatic rings. The van der Waals surface area contributed by atoms with Crippen molar-refractivity contribution in [2.75, 3.05) is 24.0 Å². The summed E-state index contributed by atoms with van der Waals surface area (Å²) in [4.78, 5) is 23.5. The zero-order valence-electron chi connectivity index (χ0n) is 10.9. The number of rotatable bonds is 7. The molecule has 1 rings (SSSR count). The Morgan fingerprint density at radius 3 is 1.83 bits per heavy atom. The summed E-state index contributed by atoms with van der Waals surface area (Å²) >= 11 is 3.38. The molecule has 98 valence electrons. The van der Waals surface area contributed by atoms with Crippen molar-refractivity contribution < 1.29 is 9.59 Å².